The number of amides is 1. The molecule has 0 bridgehead atoms. The average molecular weight is 197 g/mol. The maximum Gasteiger partial charge on any atom is 0.225 e. The summed E-state index contributed by atoms with van der Waals surface area (Å²) in [4.78, 5) is 16.4. The Hall–Kier alpha value is -0.940. The van der Waals surface area contributed by atoms with Gasteiger partial charge in [-0.3, -0.25) is 9.78 Å². The number of carbonyl (C=O) groups is 1. The number of hydrogen-bond donors (Lipinski definition) is 2. The predicted molar refractivity (Wildman–Crippen MR) is 50.3 cm³/mol. The number of hydrogen-bond acceptors (Lipinski definition) is 4. The van der Waals surface area contributed by atoms with Gasteiger partial charge in [0.05, 0.1) is 18.0 Å². The van der Waals surface area contributed by atoms with Gasteiger partial charge in [-0.1, -0.05) is 0 Å². The van der Waals surface area contributed by atoms with Crippen LogP contribution in [0.4, 0.5) is 0 Å². The van der Waals surface area contributed by atoms with E-state index in [4.69, 9.17) is 0 Å². The third-order valence-electron chi connectivity index (χ3n) is 2.07. The molecule has 1 aromatic rings. The van der Waals surface area contributed by atoms with E-state index in [-0.39, 0.29) is 11.8 Å². The molecule has 1 aliphatic rings. The molecular formula is C8H11N3OS. The summed E-state index contributed by atoms with van der Waals surface area (Å²) in [6.45, 7) is 2.24. The molecule has 2 heterocycles. The Morgan fingerprint density at radius 2 is 2.62 bits per heavy atom. The number of thiazole rings is 1. The van der Waals surface area contributed by atoms with E-state index < -0.39 is 0 Å². The molecule has 2 rings (SSSR count). The van der Waals surface area contributed by atoms with Crippen LogP contribution in [0.3, 0.4) is 0 Å². The molecule has 1 saturated heterocycles. The van der Waals surface area contributed by atoms with Crippen molar-refractivity contribution in [1.29, 1.82) is 0 Å². The molecule has 0 saturated carbocycles. The lowest BCUT2D eigenvalue weighted by atomic mass is 10.0. The Kier molecular flexibility index (Phi) is 2.56. The zero-order chi connectivity index (χ0) is 9.10. The number of nitrogens with one attached hydrogen (secondary N) is 2. The van der Waals surface area contributed by atoms with E-state index in [0.717, 1.165) is 18.0 Å². The van der Waals surface area contributed by atoms with Gasteiger partial charge in [0.25, 0.3) is 0 Å². The molecule has 70 valence electrons. The maximum absolute atomic E-state index is 11.4. The first-order valence-corrected chi connectivity index (χ1v) is 5.10. The van der Waals surface area contributed by atoms with E-state index in [0.29, 0.717) is 6.54 Å². The SMILES string of the molecule is O=C(NCc1cncs1)C1CNC1. The van der Waals surface area contributed by atoms with Gasteiger partial charge in [0.15, 0.2) is 0 Å². The van der Waals surface area contributed by atoms with Crippen molar-refractivity contribution in [3.8, 4) is 0 Å². The minimum absolute atomic E-state index is 0.146. The Balaban J connectivity index is 1.76. The molecule has 0 atom stereocenters. The molecule has 4 nitrogen and oxygen atoms in total. The van der Waals surface area contributed by atoms with Crippen LogP contribution in [0.25, 0.3) is 0 Å². The van der Waals surface area contributed by atoms with E-state index in [1.807, 2.05) is 0 Å². The summed E-state index contributed by atoms with van der Waals surface area (Å²) in [5.41, 5.74) is 1.77. The molecule has 1 aliphatic heterocycles. The minimum Gasteiger partial charge on any atom is -0.351 e. The highest BCUT2D eigenvalue weighted by Crippen LogP contribution is 2.06. The smallest absolute Gasteiger partial charge is 0.225 e. The van der Waals surface area contributed by atoms with E-state index in [1.165, 1.54) is 0 Å². The average Bonchev–Trinajstić information content (AvgIpc) is 2.49. The Morgan fingerprint density at radius 1 is 1.77 bits per heavy atom. The first-order chi connectivity index (χ1) is 6.36. The molecule has 5 heteroatoms. The molecule has 1 aromatic heterocycles. The fraction of sp³-hybridized carbons (Fsp3) is 0.500. The Bertz CT molecular complexity index is 282. The van der Waals surface area contributed by atoms with Gasteiger partial charge in [0.1, 0.15) is 0 Å². The van der Waals surface area contributed by atoms with Gasteiger partial charge in [-0.2, -0.15) is 0 Å². The van der Waals surface area contributed by atoms with E-state index in [2.05, 4.69) is 15.6 Å². The summed E-state index contributed by atoms with van der Waals surface area (Å²) in [5.74, 6) is 0.320. The number of nitrogens with zero attached hydrogens (tertiary/aromatic N) is 1. The van der Waals surface area contributed by atoms with Crippen LogP contribution in [-0.2, 0) is 11.3 Å². The van der Waals surface area contributed by atoms with Crippen molar-refractivity contribution >= 4 is 17.2 Å². The highest BCUT2D eigenvalue weighted by molar-refractivity contribution is 7.09. The standard InChI is InChI=1S/C8H11N3OS/c12-8(6-1-9-2-6)11-4-7-3-10-5-13-7/h3,5-6,9H,1-2,4H2,(H,11,12). The van der Waals surface area contributed by atoms with Crippen molar-refractivity contribution < 1.29 is 4.79 Å². The quantitative estimate of drug-likeness (QED) is 0.716. The zero-order valence-corrected chi connectivity index (χ0v) is 7.93. The lowest BCUT2D eigenvalue weighted by molar-refractivity contribution is -0.126. The monoisotopic (exact) mass is 197 g/mol. The van der Waals surface area contributed by atoms with Crippen LogP contribution >= 0.6 is 11.3 Å². The molecule has 0 spiro atoms. The lowest BCUT2D eigenvalue weighted by Crippen LogP contribution is -2.50. The van der Waals surface area contributed by atoms with E-state index >= 15 is 0 Å². The lowest BCUT2D eigenvalue weighted by Gasteiger charge is -2.25. The normalized spacial score (nSPS) is 16.6. The summed E-state index contributed by atoms with van der Waals surface area (Å²) in [5, 5.41) is 5.94. The van der Waals surface area contributed by atoms with Crippen molar-refractivity contribution in [2.75, 3.05) is 13.1 Å². The highest BCUT2D eigenvalue weighted by atomic mass is 32.1. The fourth-order valence-corrected chi connectivity index (χ4v) is 1.66. The third-order valence-corrected chi connectivity index (χ3v) is 2.85. The largest absolute Gasteiger partial charge is 0.351 e. The Morgan fingerprint density at radius 3 is 3.15 bits per heavy atom. The van der Waals surface area contributed by atoms with Gasteiger partial charge >= 0.3 is 0 Å². The van der Waals surface area contributed by atoms with Crippen molar-refractivity contribution in [1.82, 2.24) is 15.6 Å². The molecule has 1 fully saturated rings. The van der Waals surface area contributed by atoms with E-state index in [9.17, 15) is 4.79 Å². The van der Waals surface area contributed by atoms with E-state index in [1.54, 1.807) is 23.0 Å². The fourth-order valence-electron chi connectivity index (χ4n) is 1.12. The third kappa shape index (κ3) is 2.05. The maximum atomic E-state index is 11.4. The number of rotatable bonds is 3. The molecule has 2 N–H and O–H groups in total. The summed E-state index contributed by atoms with van der Waals surface area (Å²) in [6.07, 6.45) is 1.78. The van der Waals surface area contributed by atoms with Gasteiger partial charge in [0, 0.05) is 24.2 Å². The second kappa shape index (κ2) is 3.85. The van der Waals surface area contributed by atoms with Crippen LogP contribution in [-0.4, -0.2) is 24.0 Å². The molecular weight excluding hydrogens is 186 g/mol. The van der Waals surface area contributed by atoms with Gasteiger partial charge < -0.3 is 10.6 Å². The van der Waals surface area contributed by atoms with Crippen LogP contribution in [0.2, 0.25) is 0 Å². The number of aromatic nitrogens is 1. The van der Waals surface area contributed by atoms with Crippen molar-refractivity contribution in [2.45, 2.75) is 6.54 Å². The van der Waals surface area contributed by atoms with Crippen molar-refractivity contribution in [3.63, 3.8) is 0 Å². The van der Waals surface area contributed by atoms with Gasteiger partial charge in [-0.25, -0.2) is 0 Å². The van der Waals surface area contributed by atoms with Crippen LogP contribution < -0.4 is 10.6 Å². The summed E-state index contributed by atoms with van der Waals surface area (Å²) < 4.78 is 0. The molecule has 0 unspecified atom stereocenters. The summed E-state index contributed by atoms with van der Waals surface area (Å²) in [7, 11) is 0. The first kappa shape index (κ1) is 8.65. The van der Waals surface area contributed by atoms with Gasteiger partial charge in [-0.15, -0.1) is 11.3 Å². The zero-order valence-electron chi connectivity index (χ0n) is 7.12. The predicted octanol–water partition coefficient (Wildman–Crippen LogP) is -0.0213. The topological polar surface area (TPSA) is 54.0 Å². The second-order valence-corrected chi connectivity index (χ2v) is 4.01. The first-order valence-electron chi connectivity index (χ1n) is 4.22. The number of carbonyl (C=O) groups excluding carboxylic acids is 1. The van der Waals surface area contributed by atoms with Gasteiger partial charge in [0.2, 0.25) is 5.91 Å². The molecule has 0 aromatic carbocycles. The van der Waals surface area contributed by atoms with Crippen LogP contribution in [0.5, 0.6) is 0 Å². The highest BCUT2D eigenvalue weighted by Gasteiger charge is 2.24. The van der Waals surface area contributed by atoms with Crippen LogP contribution in [0.1, 0.15) is 4.88 Å². The van der Waals surface area contributed by atoms with Crippen molar-refractivity contribution in [3.05, 3.63) is 16.6 Å². The molecule has 1 amide bonds. The van der Waals surface area contributed by atoms with Gasteiger partial charge in [-0.05, 0) is 0 Å². The molecule has 0 radical (unpaired) electrons. The van der Waals surface area contributed by atoms with Crippen molar-refractivity contribution in [2.24, 2.45) is 5.92 Å². The van der Waals surface area contributed by atoms with Crippen LogP contribution in [0, 0.1) is 5.92 Å². The molecule has 13 heavy (non-hydrogen) atoms. The molecule has 0 aliphatic carbocycles. The van der Waals surface area contributed by atoms with Crippen LogP contribution in [0.15, 0.2) is 11.7 Å². The Labute approximate surface area is 80.4 Å². The second-order valence-electron chi connectivity index (χ2n) is 3.04. The minimum atomic E-state index is 0.146. The summed E-state index contributed by atoms with van der Waals surface area (Å²) >= 11 is 1.56. The summed E-state index contributed by atoms with van der Waals surface area (Å²) in [6, 6.07) is 0.